The number of hydrogen-bond donors (Lipinski definition) is 1. The van der Waals surface area contributed by atoms with Crippen LogP contribution in [0.1, 0.15) is 41.1 Å². The molecular formula is C29H24F3NO5. The third-order valence-corrected chi connectivity index (χ3v) is 6.85. The standard InChI is InChI=1S/C29H24F3NO5/c1-37-22-12-8-18(9-13-22)25-24(26(34)20-7-6-17-4-2-3-5-19(17)16-20)27(35)28(36)33(25)21-10-14-23(15-11-21)38-29(30,31)32/h6-16,25,34H,2-5H2,1H3/b26-24-. The van der Waals surface area contributed by atoms with Crippen molar-refractivity contribution in [2.24, 2.45) is 0 Å². The van der Waals surface area contributed by atoms with Crippen LogP contribution in [0.15, 0.2) is 72.3 Å². The molecule has 1 atom stereocenters. The van der Waals surface area contributed by atoms with Crippen LogP contribution in [0.4, 0.5) is 18.9 Å². The summed E-state index contributed by atoms with van der Waals surface area (Å²) < 4.78 is 47.1. The molecule has 1 amide bonds. The lowest BCUT2D eigenvalue weighted by Crippen LogP contribution is -2.29. The number of methoxy groups -OCH3 is 1. The number of benzene rings is 3. The first-order valence-corrected chi connectivity index (χ1v) is 12.1. The van der Waals surface area contributed by atoms with Gasteiger partial charge in [-0.25, -0.2) is 0 Å². The number of halogens is 3. The Labute approximate surface area is 216 Å². The van der Waals surface area contributed by atoms with E-state index in [0.717, 1.165) is 43.4 Å². The van der Waals surface area contributed by atoms with E-state index in [0.29, 0.717) is 16.9 Å². The van der Waals surface area contributed by atoms with Gasteiger partial charge in [0, 0.05) is 11.3 Å². The fraction of sp³-hybridized carbons (Fsp3) is 0.241. The van der Waals surface area contributed by atoms with E-state index >= 15 is 0 Å². The molecule has 2 aliphatic rings. The van der Waals surface area contributed by atoms with E-state index in [1.165, 1.54) is 29.7 Å². The second-order valence-electron chi connectivity index (χ2n) is 9.17. The van der Waals surface area contributed by atoms with Gasteiger partial charge in [-0.3, -0.25) is 14.5 Å². The molecule has 5 rings (SSSR count). The van der Waals surface area contributed by atoms with Crippen LogP contribution in [-0.4, -0.2) is 30.3 Å². The molecule has 196 valence electrons. The van der Waals surface area contributed by atoms with Crippen LogP contribution in [0, 0.1) is 0 Å². The Kier molecular flexibility index (Phi) is 6.60. The van der Waals surface area contributed by atoms with Crippen molar-refractivity contribution in [2.45, 2.75) is 38.1 Å². The van der Waals surface area contributed by atoms with Crippen molar-refractivity contribution in [1.29, 1.82) is 0 Å². The Bertz CT molecular complexity index is 1410. The Hall–Kier alpha value is -4.27. The molecule has 0 radical (unpaired) electrons. The predicted molar refractivity (Wildman–Crippen MR) is 134 cm³/mol. The van der Waals surface area contributed by atoms with Crippen molar-refractivity contribution in [2.75, 3.05) is 12.0 Å². The fourth-order valence-corrected chi connectivity index (χ4v) is 5.05. The Morgan fingerprint density at radius 3 is 2.16 bits per heavy atom. The molecule has 0 spiro atoms. The minimum atomic E-state index is -4.87. The molecule has 0 aromatic heterocycles. The Morgan fingerprint density at radius 2 is 1.53 bits per heavy atom. The number of ether oxygens (including phenoxy) is 2. The highest BCUT2D eigenvalue weighted by molar-refractivity contribution is 6.51. The molecule has 1 heterocycles. The quantitative estimate of drug-likeness (QED) is 0.249. The SMILES string of the molecule is COc1ccc(C2/C(=C(/O)c3ccc4c(c3)CCCC4)C(=O)C(=O)N2c2ccc(OC(F)(F)F)cc2)cc1. The Morgan fingerprint density at radius 1 is 0.895 bits per heavy atom. The van der Waals surface area contributed by atoms with Crippen molar-refractivity contribution < 1.29 is 37.3 Å². The van der Waals surface area contributed by atoms with Gasteiger partial charge in [0.25, 0.3) is 11.7 Å². The number of nitrogens with zero attached hydrogens (tertiary/aromatic N) is 1. The van der Waals surface area contributed by atoms with Crippen LogP contribution in [0.5, 0.6) is 11.5 Å². The van der Waals surface area contributed by atoms with Crippen LogP contribution >= 0.6 is 0 Å². The molecule has 9 heteroatoms. The highest BCUT2D eigenvalue weighted by Gasteiger charge is 2.47. The zero-order chi connectivity index (χ0) is 27.0. The number of fused-ring (bicyclic) bond motifs is 1. The van der Waals surface area contributed by atoms with E-state index in [1.807, 2.05) is 12.1 Å². The van der Waals surface area contributed by atoms with E-state index in [-0.39, 0.29) is 17.0 Å². The lowest BCUT2D eigenvalue weighted by atomic mass is 9.88. The number of carbonyl (C=O) groups excluding carboxylic acids is 2. The number of aliphatic hydroxyl groups excluding tert-OH is 1. The van der Waals surface area contributed by atoms with E-state index in [4.69, 9.17) is 4.74 Å². The van der Waals surface area contributed by atoms with Crippen molar-refractivity contribution in [1.82, 2.24) is 0 Å². The minimum absolute atomic E-state index is 0.105. The summed E-state index contributed by atoms with van der Waals surface area (Å²) in [6.45, 7) is 0. The fourth-order valence-electron chi connectivity index (χ4n) is 5.05. The van der Waals surface area contributed by atoms with Gasteiger partial charge in [-0.2, -0.15) is 0 Å². The first-order valence-electron chi connectivity index (χ1n) is 12.1. The molecule has 3 aromatic carbocycles. The molecule has 6 nitrogen and oxygen atoms in total. The summed E-state index contributed by atoms with van der Waals surface area (Å²) in [5, 5.41) is 11.4. The van der Waals surface area contributed by atoms with Gasteiger partial charge in [-0.1, -0.05) is 24.3 Å². The highest BCUT2D eigenvalue weighted by atomic mass is 19.4. The number of rotatable bonds is 5. The summed E-state index contributed by atoms with van der Waals surface area (Å²) in [4.78, 5) is 27.8. The van der Waals surface area contributed by atoms with Crippen molar-refractivity contribution in [3.63, 3.8) is 0 Å². The molecule has 1 unspecified atom stereocenters. The molecule has 1 aliphatic heterocycles. The number of aryl methyl sites for hydroxylation is 2. The second-order valence-corrected chi connectivity index (χ2v) is 9.17. The highest BCUT2D eigenvalue weighted by Crippen LogP contribution is 2.43. The smallest absolute Gasteiger partial charge is 0.507 e. The van der Waals surface area contributed by atoms with Gasteiger partial charge in [-0.05, 0) is 84.8 Å². The van der Waals surface area contributed by atoms with Crippen molar-refractivity contribution >= 4 is 23.1 Å². The van der Waals surface area contributed by atoms with E-state index < -0.39 is 29.8 Å². The Balaban J connectivity index is 1.62. The molecule has 1 aliphatic carbocycles. The molecule has 38 heavy (non-hydrogen) atoms. The topological polar surface area (TPSA) is 76.1 Å². The number of amides is 1. The number of ketones is 1. The lowest BCUT2D eigenvalue weighted by Gasteiger charge is -2.26. The average molecular weight is 524 g/mol. The third kappa shape index (κ3) is 4.83. The zero-order valence-corrected chi connectivity index (χ0v) is 20.4. The molecule has 1 N–H and O–H groups in total. The first kappa shape index (κ1) is 25.4. The van der Waals surface area contributed by atoms with Crippen molar-refractivity contribution in [3.8, 4) is 11.5 Å². The molecule has 0 bridgehead atoms. The van der Waals surface area contributed by atoms with Gasteiger partial charge in [-0.15, -0.1) is 13.2 Å². The van der Waals surface area contributed by atoms with Crippen LogP contribution in [-0.2, 0) is 22.4 Å². The molecule has 0 saturated carbocycles. The third-order valence-electron chi connectivity index (χ3n) is 6.85. The average Bonchev–Trinajstić information content (AvgIpc) is 3.17. The number of Topliss-reactive ketones (excluding diaryl/α,β-unsaturated/α-hetero) is 1. The zero-order valence-electron chi connectivity index (χ0n) is 20.4. The summed E-state index contributed by atoms with van der Waals surface area (Å²) in [5.74, 6) is -2.02. The minimum Gasteiger partial charge on any atom is -0.507 e. The maximum atomic E-state index is 13.3. The van der Waals surface area contributed by atoms with E-state index in [2.05, 4.69) is 4.74 Å². The predicted octanol–water partition coefficient (Wildman–Crippen LogP) is 6.10. The molecule has 3 aromatic rings. The normalized spacial score (nSPS) is 18.8. The summed E-state index contributed by atoms with van der Waals surface area (Å²) >= 11 is 0. The van der Waals surface area contributed by atoms with Gasteiger partial charge in [0.15, 0.2) is 0 Å². The summed E-state index contributed by atoms with van der Waals surface area (Å²) in [6, 6.07) is 15.8. The number of alkyl halides is 3. The second kappa shape index (κ2) is 9.89. The number of hydrogen-bond acceptors (Lipinski definition) is 5. The van der Waals surface area contributed by atoms with Crippen LogP contribution in [0.25, 0.3) is 5.76 Å². The van der Waals surface area contributed by atoms with Gasteiger partial charge in [0.05, 0.1) is 18.7 Å². The largest absolute Gasteiger partial charge is 0.573 e. The summed E-state index contributed by atoms with van der Waals surface area (Å²) in [5.41, 5.74) is 3.30. The molecule has 1 fully saturated rings. The molecular weight excluding hydrogens is 499 g/mol. The summed E-state index contributed by atoms with van der Waals surface area (Å²) in [7, 11) is 1.50. The number of anilines is 1. The van der Waals surface area contributed by atoms with Crippen LogP contribution < -0.4 is 14.4 Å². The first-order chi connectivity index (χ1) is 18.2. The van der Waals surface area contributed by atoms with Crippen LogP contribution in [0.3, 0.4) is 0 Å². The van der Waals surface area contributed by atoms with Gasteiger partial charge in [0.1, 0.15) is 17.3 Å². The number of carbonyl (C=O) groups is 2. The van der Waals surface area contributed by atoms with Gasteiger partial charge >= 0.3 is 6.36 Å². The van der Waals surface area contributed by atoms with Gasteiger partial charge < -0.3 is 14.6 Å². The van der Waals surface area contributed by atoms with Crippen LogP contribution in [0.2, 0.25) is 0 Å². The van der Waals surface area contributed by atoms with Gasteiger partial charge in [0.2, 0.25) is 0 Å². The van der Waals surface area contributed by atoms with E-state index in [1.54, 1.807) is 30.3 Å². The molecule has 1 saturated heterocycles. The number of aliphatic hydroxyl groups is 1. The van der Waals surface area contributed by atoms with E-state index in [9.17, 15) is 27.9 Å². The maximum absolute atomic E-state index is 13.3. The lowest BCUT2D eigenvalue weighted by molar-refractivity contribution is -0.274. The summed E-state index contributed by atoms with van der Waals surface area (Å²) in [6.07, 6.45) is -0.946. The maximum Gasteiger partial charge on any atom is 0.573 e. The monoisotopic (exact) mass is 523 g/mol. The van der Waals surface area contributed by atoms with Crippen molar-refractivity contribution in [3.05, 3.63) is 94.6 Å².